The number of fused-ring (bicyclic) bond motifs is 1. The van der Waals surface area contributed by atoms with E-state index in [4.69, 9.17) is 23.2 Å². The minimum absolute atomic E-state index is 0.262. The van der Waals surface area contributed by atoms with Crippen molar-refractivity contribution in [3.63, 3.8) is 0 Å². The summed E-state index contributed by atoms with van der Waals surface area (Å²) in [6, 6.07) is 11.7. The van der Waals surface area contributed by atoms with Gasteiger partial charge in [-0.2, -0.15) is 0 Å². The van der Waals surface area contributed by atoms with Crippen LogP contribution in [0.3, 0.4) is 0 Å². The Labute approximate surface area is 165 Å². The minimum Gasteiger partial charge on any atom is -0.327 e. The molecule has 1 aromatic heterocycles. The molecule has 1 saturated heterocycles. The fourth-order valence-electron chi connectivity index (χ4n) is 3.34. The van der Waals surface area contributed by atoms with Gasteiger partial charge in [-0.15, -0.1) is 0 Å². The lowest BCUT2D eigenvalue weighted by molar-refractivity contribution is -0.120. The Balaban J connectivity index is 1.56. The van der Waals surface area contributed by atoms with E-state index < -0.39 is 6.04 Å². The van der Waals surface area contributed by atoms with Crippen LogP contribution in [0.1, 0.15) is 23.2 Å². The van der Waals surface area contributed by atoms with Crippen LogP contribution in [0.15, 0.2) is 48.8 Å². The Morgan fingerprint density at radius 3 is 2.81 bits per heavy atom. The van der Waals surface area contributed by atoms with Crippen LogP contribution >= 0.6 is 23.2 Å². The molecule has 1 atom stereocenters. The topological polar surface area (TPSA) is 67.2 Å². The number of carbonyl (C=O) groups excluding carboxylic acids is 2. The van der Waals surface area contributed by atoms with E-state index in [9.17, 15) is 9.59 Å². The first-order valence-electron chi connectivity index (χ1n) is 8.53. The highest BCUT2D eigenvalue weighted by Crippen LogP contribution is 2.26. The smallest absolute Gasteiger partial charge is 0.261 e. The second-order valence-corrected chi connectivity index (χ2v) is 7.20. The number of carbonyl (C=O) groups is 2. The van der Waals surface area contributed by atoms with Gasteiger partial charge >= 0.3 is 0 Å². The van der Waals surface area contributed by atoms with E-state index in [2.05, 4.69) is 10.4 Å². The Kier molecular flexibility index (Phi) is 4.76. The number of para-hydroxylation sites is 2. The van der Waals surface area contributed by atoms with Crippen molar-refractivity contribution in [2.24, 2.45) is 0 Å². The summed E-state index contributed by atoms with van der Waals surface area (Å²) in [5.74, 6) is -0.558. The molecule has 138 valence electrons. The molecule has 0 unspecified atom stereocenters. The average molecular weight is 403 g/mol. The van der Waals surface area contributed by atoms with E-state index in [1.54, 1.807) is 28.0 Å². The van der Waals surface area contributed by atoms with Gasteiger partial charge in [-0.05, 0) is 43.2 Å². The maximum atomic E-state index is 12.9. The normalized spacial score (nSPS) is 16.7. The molecule has 2 heterocycles. The van der Waals surface area contributed by atoms with Gasteiger partial charge in [0.2, 0.25) is 0 Å². The van der Waals surface area contributed by atoms with Crippen molar-refractivity contribution in [2.75, 3.05) is 12.0 Å². The molecule has 0 aliphatic carbocycles. The fourth-order valence-corrected chi connectivity index (χ4v) is 3.71. The summed E-state index contributed by atoms with van der Waals surface area (Å²) in [4.78, 5) is 31.6. The average Bonchev–Trinajstić information content (AvgIpc) is 3.31. The summed E-state index contributed by atoms with van der Waals surface area (Å²) in [6.45, 7) is 0.491. The third-order valence-electron chi connectivity index (χ3n) is 4.66. The molecule has 2 amide bonds. The largest absolute Gasteiger partial charge is 0.327 e. The van der Waals surface area contributed by atoms with Crippen molar-refractivity contribution in [3.8, 4) is 0 Å². The van der Waals surface area contributed by atoms with Crippen LogP contribution in [-0.4, -0.2) is 39.0 Å². The summed E-state index contributed by atoms with van der Waals surface area (Å²) in [6.07, 6.45) is 2.88. The Morgan fingerprint density at radius 1 is 1.15 bits per heavy atom. The second-order valence-electron chi connectivity index (χ2n) is 6.36. The van der Waals surface area contributed by atoms with Gasteiger partial charge in [-0.1, -0.05) is 35.3 Å². The van der Waals surface area contributed by atoms with E-state index >= 15 is 0 Å². The molecule has 0 bridgehead atoms. The first-order valence-corrected chi connectivity index (χ1v) is 9.29. The first-order chi connectivity index (χ1) is 13.0. The molecule has 6 nitrogen and oxygen atoms in total. The van der Waals surface area contributed by atoms with Crippen molar-refractivity contribution in [1.29, 1.82) is 0 Å². The number of amides is 2. The molecular formula is C19H16Cl2N4O2. The Morgan fingerprint density at radius 2 is 1.96 bits per heavy atom. The minimum atomic E-state index is -0.575. The van der Waals surface area contributed by atoms with E-state index in [0.717, 1.165) is 17.5 Å². The lowest BCUT2D eigenvalue weighted by Crippen LogP contribution is -2.45. The molecule has 27 heavy (non-hydrogen) atoms. The summed E-state index contributed by atoms with van der Waals surface area (Å²) in [5, 5.41) is 0.740. The van der Waals surface area contributed by atoms with Crippen LogP contribution < -0.4 is 5.43 Å². The number of nitrogens with zero attached hydrogens (tertiary/aromatic N) is 3. The standard InChI is InChI=1S/C19H16Cl2N4O2/c20-12-7-8-14(21)13(10-12)19(27)24-9-3-6-17(24)18(26)23-25-11-22-15-4-1-2-5-16(15)25/h1-2,4-5,7-8,10-11,17H,3,6,9H2,(H,23,26)/t17-/m0/s1. The maximum absolute atomic E-state index is 12.9. The van der Waals surface area contributed by atoms with Gasteiger partial charge in [0, 0.05) is 11.6 Å². The quantitative estimate of drug-likeness (QED) is 0.725. The zero-order valence-electron chi connectivity index (χ0n) is 14.2. The number of rotatable bonds is 3. The highest BCUT2D eigenvalue weighted by molar-refractivity contribution is 6.35. The van der Waals surface area contributed by atoms with Crippen molar-refractivity contribution >= 4 is 46.0 Å². The number of benzene rings is 2. The molecule has 0 saturated carbocycles. The monoisotopic (exact) mass is 402 g/mol. The molecule has 0 radical (unpaired) electrons. The Hall–Kier alpha value is -2.57. The summed E-state index contributed by atoms with van der Waals surface area (Å²) in [7, 11) is 0. The van der Waals surface area contributed by atoms with Crippen molar-refractivity contribution in [3.05, 3.63) is 64.4 Å². The SMILES string of the molecule is O=C(Nn1cnc2ccccc21)[C@@H]1CCCN1C(=O)c1cc(Cl)ccc1Cl. The molecule has 1 aliphatic heterocycles. The fraction of sp³-hybridized carbons (Fsp3) is 0.211. The first kappa shape index (κ1) is 17.8. The Bertz CT molecular complexity index is 1030. The second kappa shape index (κ2) is 7.21. The molecular weight excluding hydrogens is 387 g/mol. The third-order valence-corrected chi connectivity index (χ3v) is 5.22. The van der Waals surface area contributed by atoms with Crippen LogP contribution in [0.5, 0.6) is 0 Å². The maximum Gasteiger partial charge on any atom is 0.261 e. The van der Waals surface area contributed by atoms with Crippen LogP contribution in [0.4, 0.5) is 0 Å². The predicted molar refractivity (Wildman–Crippen MR) is 105 cm³/mol. The zero-order valence-corrected chi connectivity index (χ0v) is 15.7. The van der Waals surface area contributed by atoms with Crippen molar-refractivity contribution in [1.82, 2.24) is 14.6 Å². The number of halogens is 2. The van der Waals surface area contributed by atoms with Crippen LogP contribution in [0, 0.1) is 0 Å². The molecule has 2 aromatic carbocycles. The summed E-state index contributed by atoms with van der Waals surface area (Å²) < 4.78 is 1.57. The molecule has 0 spiro atoms. The van der Waals surface area contributed by atoms with Gasteiger partial charge in [0.05, 0.1) is 21.6 Å². The number of imidazole rings is 1. The van der Waals surface area contributed by atoms with Gasteiger partial charge in [0.1, 0.15) is 12.4 Å². The summed E-state index contributed by atoms with van der Waals surface area (Å²) >= 11 is 12.2. The van der Waals surface area contributed by atoms with E-state index in [0.29, 0.717) is 28.6 Å². The lowest BCUT2D eigenvalue weighted by Gasteiger charge is -2.24. The molecule has 1 fully saturated rings. The van der Waals surface area contributed by atoms with E-state index in [1.165, 1.54) is 6.07 Å². The van der Waals surface area contributed by atoms with Gasteiger partial charge in [-0.3, -0.25) is 15.0 Å². The lowest BCUT2D eigenvalue weighted by atomic mass is 10.1. The van der Waals surface area contributed by atoms with Gasteiger partial charge in [0.15, 0.2) is 0 Å². The van der Waals surface area contributed by atoms with Crippen molar-refractivity contribution < 1.29 is 9.59 Å². The summed E-state index contributed by atoms with van der Waals surface area (Å²) in [5.41, 5.74) is 4.71. The van der Waals surface area contributed by atoms with Crippen LogP contribution in [0.2, 0.25) is 10.0 Å². The number of likely N-dealkylation sites (tertiary alicyclic amines) is 1. The van der Waals surface area contributed by atoms with E-state index in [1.807, 2.05) is 24.3 Å². The van der Waals surface area contributed by atoms with Crippen molar-refractivity contribution in [2.45, 2.75) is 18.9 Å². The highest BCUT2D eigenvalue weighted by Gasteiger charge is 2.35. The molecule has 8 heteroatoms. The van der Waals surface area contributed by atoms with Crippen LogP contribution in [0.25, 0.3) is 11.0 Å². The third kappa shape index (κ3) is 3.38. The number of aromatic nitrogens is 2. The van der Waals surface area contributed by atoms with Gasteiger partial charge in [-0.25, -0.2) is 9.66 Å². The van der Waals surface area contributed by atoms with Crippen LogP contribution in [-0.2, 0) is 4.79 Å². The molecule has 3 aromatic rings. The molecule has 4 rings (SSSR count). The van der Waals surface area contributed by atoms with Gasteiger partial charge in [0.25, 0.3) is 11.8 Å². The predicted octanol–water partition coefficient (Wildman–Crippen LogP) is 3.72. The molecule has 1 N–H and O–H groups in total. The highest BCUT2D eigenvalue weighted by atomic mass is 35.5. The number of nitrogens with one attached hydrogen (secondary N) is 1. The van der Waals surface area contributed by atoms with E-state index in [-0.39, 0.29) is 11.8 Å². The number of hydrogen-bond acceptors (Lipinski definition) is 3. The van der Waals surface area contributed by atoms with Gasteiger partial charge < -0.3 is 4.90 Å². The molecule has 1 aliphatic rings. The zero-order chi connectivity index (χ0) is 19.0. The number of hydrogen-bond donors (Lipinski definition) is 1.